The lowest BCUT2D eigenvalue weighted by Crippen LogP contribution is -2.42. The van der Waals surface area contributed by atoms with Crippen LogP contribution in [0.1, 0.15) is 110 Å². The van der Waals surface area contributed by atoms with Gasteiger partial charge in [0.05, 0.1) is 11.1 Å². The second kappa shape index (κ2) is 10.9. The Kier molecular flexibility index (Phi) is 7.82. The third-order valence-electron chi connectivity index (χ3n) is 7.49. The molecule has 1 aromatic heterocycles. The first-order valence-electron chi connectivity index (χ1n) is 15.7. The van der Waals surface area contributed by atoms with E-state index in [1.807, 2.05) is 38.1 Å². The van der Waals surface area contributed by atoms with Crippen LogP contribution in [0.4, 0.5) is 0 Å². The summed E-state index contributed by atoms with van der Waals surface area (Å²) in [7, 11) is 0. The number of pyridine rings is 1. The highest BCUT2D eigenvalue weighted by Gasteiger charge is 2.61. The highest BCUT2D eigenvalue weighted by Crippen LogP contribution is 2.53. The number of aromatic nitrogens is 1. The maximum Gasteiger partial charge on any atom is 0.344 e. The smallest absolute Gasteiger partial charge is 0.344 e. The molecule has 1 aliphatic heterocycles. The molecule has 242 valence electrons. The van der Waals surface area contributed by atoms with Gasteiger partial charge in [-0.3, -0.25) is 4.79 Å². The van der Waals surface area contributed by atoms with Crippen molar-refractivity contribution in [3.05, 3.63) is 88.1 Å². The minimum absolute atomic E-state index is 0.0607. The minimum Gasteiger partial charge on any atom is -0.456 e. The van der Waals surface area contributed by atoms with Gasteiger partial charge >= 0.3 is 11.9 Å². The Morgan fingerprint density at radius 2 is 1.39 bits per heavy atom. The van der Waals surface area contributed by atoms with Gasteiger partial charge in [-0.25, -0.2) is 19.6 Å². The molecule has 0 saturated heterocycles. The molecule has 2 heterocycles. The molecule has 1 spiro atoms. The maximum atomic E-state index is 14.6. The number of benzene rings is 2. The zero-order chi connectivity index (χ0) is 34.0. The number of hydrogen-bond donors (Lipinski definition) is 0. The highest BCUT2D eigenvalue weighted by atomic mass is 16.6. The van der Waals surface area contributed by atoms with Gasteiger partial charge in [-0.15, -0.1) is 0 Å². The quantitative estimate of drug-likeness (QED) is 0.275. The second-order valence-corrected chi connectivity index (χ2v) is 16.0. The normalized spacial score (nSPS) is 19.3. The summed E-state index contributed by atoms with van der Waals surface area (Å²) >= 11 is 0. The van der Waals surface area contributed by atoms with E-state index in [2.05, 4.69) is 20.8 Å². The van der Waals surface area contributed by atoms with Crippen molar-refractivity contribution in [2.24, 2.45) is 10.4 Å². The van der Waals surface area contributed by atoms with E-state index in [1.54, 1.807) is 71.9 Å². The molecule has 0 saturated carbocycles. The van der Waals surface area contributed by atoms with E-state index in [0.717, 1.165) is 5.39 Å². The van der Waals surface area contributed by atoms with Crippen molar-refractivity contribution in [2.75, 3.05) is 0 Å². The van der Waals surface area contributed by atoms with E-state index < -0.39 is 34.3 Å². The van der Waals surface area contributed by atoms with Crippen molar-refractivity contribution < 1.29 is 28.6 Å². The number of ether oxygens (including phenoxy) is 3. The lowest BCUT2D eigenvalue weighted by molar-refractivity contribution is -0.154. The van der Waals surface area contributed by atoms with Crippen LogP contribution < -0.4 is 0 Å². The van der Waals surface area contributed by atoms with Crippen molar-refractivity contribution in [2.45, 2.75) is 105 Å². The Bertz CT molecular complexity index is 1830. The van der Waals surface area contributed by atoms with E-state index in [0.29, 0.717) is 23.1 Å². The van der Waals surface area contributed by atoms with Crippen molar-refractivity contribution in [3.63, 3.8) is 0 Å². The molecule has 1 atom stereocenters. The van der Waals surface area contributed by atoms with Crippen molar-refractivity contribution in [3.8, 4) is 0 Å². The lowest BCUT2D eigenvalue weighted by atomic mass is 9.72. The van der Waals surface area contributed by atoms with Crippen LogP contribution in [0.25, 0.3) is 10.9 Å². The Morgan fingerprint density at radius 1 is 0.804 bits per heavy atom. The van der Waals surface area contributed by atoms with Crippen molar-refractivity contribution >= 4 is 34.5 Å². The van der Waals surface area contributed by atoms with Gasteiger partial charge in [0, 0.05) is 22.1 Å². The fraction of sp³-hybridized carbons (Fsp3) is 0.447. The standard InChI is InChI=1S/C38H44N2O6/c1-34(2,3)21-37(10,11)40-31-27(32(42)45-35(4,5)6)28(33(43)46-36(7,8)9)38(44-31)25-18-14-13-17-23(25)29(41)24-20-22-16-12-15-19-26(22)39-30(24)38/h12-20H,21H2,1-11H3. The SMILES string of the molecule is CC(C)(C)CC(C)(C)N=C1OC2(C(C(=O)OC(C)(C)C)=C1C(=O)OC(C)(C)C)c1ccccc1C(=O)c1cc3ccccc3nc12. The van der Waals surface area contributed by atoms with Gasteiger partial charge in [0.2, 0.25) is 11.5 Å². The number of rotatable bonds is 4. The maximum absolute atomic E-state index is 14.6. The fourth-order valence-corrected chi connectivity index (χ4v) is 6.49. The number of nitrogens with zero attached hydrogens (tertiary/aromatic N) is 2. The molecular weight excluding hydrogens is 580 g/mol. The summed E-state index contributed by atoms with van der Waals surface area (Å²) in [5, 5.41) is 0.748. The highest BCUT2D eigenvalue weighted by molar-refractivity contribution is 6.26. The molecule has 0 radical (unpaired) electrons. The average molecular weight is 625 g/mol. The summed E-state index contributed by atoms with van der Waals surface area (Å²) in [6, 6.07) is 16.1. The Labute approximate surface area is 271 Å². The third-order valence-corrected chi connectivity index (χ3v) is 7.49. The zero-order valence-electron chi connectivity index (χ0n) is 28.7. The molecule has 2 aromatic carbocycles. The van der Waals surface area contributed by atoms with Gasteiger partial charge in [0.1, 0.15) is 28.0 Å². The number of carbonyl (C=O) groups is 3. The first-order chi connectivity index (χ1) is 21.1. The van der Waals surface area contributed by atoms with E-state index in [4.69, 9.17) is 24.2 Å². The van der Waals surface area contributed by atoms with Gasteiger partial charge in [-0.1, -0.05) is 63.2 Å². The molecule has 0 N–H and O–H groups in total. The number of aliphatic imine (C=N–C) groups is 1. The van der Waals surface area contributed by atoms with Gasteiger partial charge in [-0.2, -0.15) is 0 Å². The average Bonchev–Trinajstić information content (AvgIpc) is 3.22. The van der Waals surface area contributed by atoms with Crippen molar-refractivity contribution in [1.29, 1.82) is 0 Å². The van der Waals surface area contributed by atoms with Gasteiger partial charge in [-0.05, 0) is 79.4 Å². The number of ketones is 1. The van der Waals surface area contributed by atoms with Crippen LogP contribution in [0, 0.1) is 5.41 Å². The fourth-order valence-electron chi connectivity index (χ4n) is 6.49. The Balaban J connectivity index is 1.95. The molecule has 0 bridgehead atoms. The number of hydrogen-bond acceptors (Lipinski definition) is 8. The van der Waals surface area contributed by atoms with Crippen LogP contribution in [0.15, 0.2) is 70.7 Å². The number of carbonyl (C=O) groups excluding carboxylic acids is 3. The molecular formula is C38H44N2O6. The predicted molar refractivity (Wildman–Crippen MR) is 178 cm³/mol. The topological polar surface area (TPSA) is 104 Å². The molecule has 0 amide bonds. The Hall–Kier alpha value is -4.33. The van der Waals surface area contributed by atoms with Crippen LogP contribution in [0.2, 0.25) is 0 Å². The summed E-state index contributed by atoms with van der Waals surface area (Å²) in [6.45, 7) is 20.7. The number of para-hydroxylation sites is 1. The van der Waals surface area contributed by atoms with E-state index >= 15 is 0 Å². The van der Waals surface area contributed by atoms with Crippen molar-refractivity contribution in [1.82, 2.24) is 4.98 Å². The molecule has 2 aliphatic rings. The number of fused-ring (bicyclic) bond motifs is 5. The van der Waals surface area contributed by atoms with Gasteiger partial charge < -0.3 is 14.2 Å². The van der Waals surface area contributed by atoms with Crippen LogP contribution in [-0.2, 0) is 29.4 Å². The monoisotopic (exact) mass is 624 g/mol. The minimum atomic E-state index is -1.84. The first kappa shape index (κ1) is 33.0. The molecule has 1 unspecified atom stereocenters. The summed E-state index contributed by atoms with van der Waals surface area (Å²) in [5.41, 5.74) is -3.04. The second-order valence-electron chi connectivity index (χ2n) is 16.0. The Morgan fingerprint density at radius 3 is 2.02 bits per heavy atom. The zero-order valence-corrected chi connectivity index (χ0v) is 28.7. The van der Waals surface area contributed by atoms with Gasteiger partial charge in [0.15, 0.2) is 5.78 Å². The van der Waals surface area contributed by atoms with Crippen LogP contribution >= 0.6 is 0 Å². The van der Waals surface area contributed by atoms with E-state index in [-0.39, 0.29) is 39.5 Å². The molecule has 5 rings (SSSR count). The molecule has 8 nitrogen and oxygen atoms in total. The number of esters is 2. The molecule has 1 aliphatic carbocycles. The summed E-state index contributed by atoms with van der Waals surface area (Å²) < 4.78 is 18.9. The third kappa shape index (κ3) is 6.22. The van der Waals surface area contributed by atoms with Crippen LogP contribution in [-0.4, -0.2) is 45.3 Å². The van der Waals surface area contributed by atoms with Crippen LogP contribution in [0.3, 0.4) is 0 Å². The predicted octanol–water partition coefficient (Wildman–Crippen LogP) is 7.65. The van der Waals surface area contributed by atoms with E-state index in [1.165, 1.54) is 0 Å². The first-order valence-corrected chi connectivity index (χ1v) is 15.7. The summed E-state index contributed by atoms with van der Waals surface area (Å²) in [6.07, 6.45) is 0.637. The molecule has 0 fully saturated rings. The van der Waals surface area contributed by atoms with Crippen LogP contribution in [0.5, 0.6) is 0 Å². The van der Waals surface area contributed by atoms with Gasteiger partial charge in [0.25, 0.3) is 0 Å². The van der Waals surface area contributed by atoms with E-state index in [9.17, 15) is 14.4 Å². The molecule has 46 heavy (non-hydrogen) atoms. The lowest BCUT2D eigenvalue weighted by Gasteiger charge is -2.37. The molecule has 8 heteroatoms. The summed E-state index contributed by atoms with van der Waals surface area (Å²) in [4.78, 5) is 53.1. The molecule has 3 aromatic rings. The summed E-state index contributed by atoms with van der Waals surface area (Å²) in [5.74, 6) is -1.90. The largest absolute Gasteiger partial charge is 0.456 e.